The molecule has 0 aliphatic carbocycles. The van der Waals surface area contributed by atoms with Crippen molar-refractivity contribution in [2.45, 2.75) is 19.9 Å². The van der Waals surface area contributed by atoms with E-state index in [2.05, 4.69) is 34.2 Å². The summed E-state index contributed by atoms with van der Waals surface area (Å²) in [5.74, 6) is 0.984. The molecule has 7 heteroatoms. The molecule has 25 heavy (non-hydrogen) atoms. The molecule has 0 bridgehead atoms. The number of carbonyl (C=O) groups excluding carboxylic acids is 1. The van der Waals surface area contributed by atoms with Crippen molar-refractivity contribution in [2.75, 3.05) is 12.4 Å². The van der Waals surface area contributed by atoms with Crippen molar-refractivity contribution < 1.29 is 9.53 Å². The first-order valence-corrected chi connectivity index (χ1v) is 7.88. The predicted molar refractivity (Wildman–Crippen MR) is 95.3 cm³/mol. The Morgan fingerprint density at radius 3 is 2.80 bits per heavy atom. The number of methoxy groups -OCH3 is 1. The van der Waals surface area contributed by atoms with Gasteiger partial charge in [0.25, 0.3) is 0 Å². The van der Waals surface area contributed by atoms with E-state index in [9.17, 15) is 4.79 Å². The van der Waals surface area contributed by atoms with Gasteiger partial charge < -0.3 is 10.1 Å². The molecule has 0 aliphatic heterocycles. The summed E-state index contributed by atoms with van der Waals surface area (Å²) in [5.41, 5.74) is 2.91. The second-order valence-corrected chi connectivity index (χ2v) is 5.77. The summed E-state index contributed by atoms with van der Waals surface area (Å²) in [6, 6.07) is 7.24. The zero-order valence-electron chi connectivity index (χ0n) is 14.3. The zero-order chi connectivity index (χ0) is 17.8. The number of nitrogens with one attached hydrogen (secondary N) is 1. The summed E-state index contributed by atoms with van der Waals surface area (Å²) in [5, 5.41) is 7.46. The molecule has 3 rings (SSSR count). The Labute approximate surface area is 145 Å². The fourth-order valence-electron chi connectivity index (χ4n) is 2.34. The molecule has 1 N–H and O–H groups in total. The fourth-order valence-corrected chi connectivity index (χ4v) is 2.34. The first kappa shape index (κ1) is 16.6. The summed E-state index contributed by atoms with van der Waals surface area (Å²) >= 11 is 0. The quantitative estimate of drug-likeness (QED) is 0.693. The first-order chi connectivity index (χ1) is 12.1. The van der Waals surface area contributed by atoms with Crippen molar-refractivity contribution in [3.63, 3.8) is 0 Å². The van der Waals surface area contributed by atoms with Crippen LogP contribution in [-0.4, -0.2) is 33.1 Å². The Balaban J connectivity index is 1.88. The Hall–Kier alpha value is -3.22. The SMILES string of the molecule is COc1cc(C=O)ccc1Nc1nccc(-c2cnn(C(C)C)c2)n1. The molecule has 0 atom stereocenters. The number of benzene rings is 1. The molecule has 0 saturated carbocycles. The van der Waals surface area contributed by atoms with E-state index in [-0.39, 0.29) is 6.04 Å². The van der Waals surface area contributed by atoms with Crippen LogP contribution in [-0.2, 0) is 0 Å². The van der Waals surface area contributed by atoms with Gasteiger partial charge in [-0.05, 0) is 38.1 Å². The normalized spacial score (nSPS) is 10.7. The van der Waals surface area contributed by atoms with Crippen molar-refractivity contribution in [2.24, 2.45) is 0 Å². The average molecular weight is 337 g/mol. The molecule has 2 aromatic heterocycles. The number of anilines is 2. The molecule has 7 nitrogen and oxygen atoms in total. The molecule has 0 unspecified atom stereocenters. The summed E-state index contributed by atoms with van der Waals surface area (Å²) in [7, 11) is 1.55. The molecule has 0 amide bonds. The van der Waals surface area contributed by atoms with Crippen molar-refractivity contribution in [3.05, 3.63) is 48.4 Å². The summed E-state index contributed by atoms with van der Waals surface area (Å²) in [6.45, 7) is 4.14. The van der Waals surface area contributed by atoms with Gasteiger partial charge in [-0.2, -0.15) is 5.10 Å². The van der Waals surface area contributed by atoms with E-state index in [1.54, 1.807) is 37.7 Å². The number of nitrogens with zero attached hydrogens (tertiary/aromatic N) is 4. The number of rotatable bonds is 6. The van der Waals surface area contributed by atoms with Crippen LogP contribution in [0.25, 0.3) is 11.3 Å². The highest BCUT2D eigenvalue weighted by molar-refractivity contribution is 5.78. The van der Waals surface area contributed by atoms with Gasteiger partial charge >= 0.3 is 0 Å². The molecule has 128 valence electrons. The molecule has 2 heterocycles. The minimum Gasteiger partial charge on any atom is -0.495 e. The van der Waals surface area contributed by atoms with Crippen molar-refractivity contribution in [3.8, 4) is 17.0 Å². The predicted octanol–water partition coefficient (Wildman–Crippen LogP) is 3.49. The number of aromatic nitrogens is 4. The number of hydrogen-bond acceptors (Lipinski definition) is 6. The van der Waals surface area contributed by atoms with Gasteiger partial charge in [0.1, 0.15) is 12.0 Å². The van der Waals surface area contributed by atoms with Crippen LogP contribution in [0.3, 0.4) is 0 Å². The van der Waals surface area contributed by atoms with Gasteiger partial charge in [0.05, 0.1) is 24.7 Å². The second-order valence-electron chi connectivity index (χ2n) is 5.77. The van der Waals surface area contributed by atoms with Gasteiger partial charge in [-0.15, -0.1) is 0 Å². The van der Waals surface area contributed by atoms with Crippen molar-refractivity contribution in [1.82, 2.24) is 19.7 Å². The lowest BCUT2D eigenvalue weighted by molar-refractivity contribution is 0.112. The van der Waals surface area contributed by atoms with Gasteiger partial charge in [-0.25, -0.2) is 9.97 Å². The Morgan fingerprint density at radius 1 is 1.28 bits per heavy atom. The molecule has 0 saturated heterocycles. The van der Waals surface area contributed by atoms with Gasteiger partial charge in [-0.1, -0.05) is 0 Å². The van der Waals surface area contributed by atoms with E-state index in [1.807, 2.05) is 16.9 Å². The third kappa shape index (κ3) is 3.65. The highest BCUT2D eigenvalue weighted by Crippen LogP contribution is 2.28. The number of aldehydes is 1. The highest BCUT2D eigenvalue weighted by atomic mass is 16.5. The minimum absolute atomic E-state index is 0.286. The van der Waals surface area contributed by atoms with E-state index < -0.39 is 0 Å². The van der Waals surface area contributed by atoms with Crippen molar-refractivity contribution in [1.29, 1.82) is 0 Å². The monoisotopic (exact) mass is 337 g/mol. The number of ether oxygens (including phenoxy) is 1. The van der Waals surface area contributed by atoms with Gasteiger partial charge in [0.15, 0.2) is 0 Å². The van der Waals surface area contributed by atoms with Crippen LogP contribution in [0.4, 0.5) is 11.6 Å². The van der Waals surface area contributed by atoms with E-state index in [1.165, 1.54) is 0 Å². The van der Waals surface area contributed by atoms with Crippen LogP contribution in [0.2, 0.25) is 0 Å². The summed E-state index contributed by atoms with van der Waals surface area (Å²) in [4.78, 5) is 19.7. The van der Waals surface area contributed by atoms with Crippen LogP contribution in [0.5, 0.6) is 5.75 Å². The minimum atomic E-state index is 0.286. The lowest BCUT2D eigenvalue weighted by Gasteiger charge is -2.10. The van der Waals surface area contributed by atoms with Crippen LogP contribution in [0, 0.1) is 0 Å². The maximum Gasteiger partial charge on any atom is 0.227 e. The third-order valence-electron chi connectivity index (χ3n) is 3.69. The van der Waals surface area contributed by atoms with Crippen LogP contribution in [0.15, 0.2) is 42.9 Å². The molecular weight excluding hydrogens is 318 g/mol. The third-order valence-corrected chi connectivity index (χ3v) is 3.69. The molecule has 0 fully saturated rings. The average Bonchev–Trinajstić information content (AvgIpc) is 3.13. The van der Waals surface area contributed by atoms with Crippen LogP contribution >= 0.6 is 0 Å². The number of hydrogen-bond donors (Lipinski definition) is 1. The van der Waals surface area contributed by atoms with E-state index in [4.69, 9.17) is 4.74 Å². The maximum atomic E-state index is 10.9. The van der Waals surface area contributed by atoms with Crippen LogP contribution in [0.1, 0.15) is 30.2 Å². The largest absolute Gasteiger partial charge is 0.495 e. The van der Waals surface area contributed by atoms with Gasteiger partial charge in [0.2, 0.25) is 5.95 Å². The Kier molecular flexibility index (Phi) is 4.74. The topological polar surface area (TPSA) is 81.9 Å². The Bertz CT molecular complexity index is 889. The molecule has 0 spiro atoms. The lowest BCUT2D eigenvalue weighted by Crippen LogP contribution is -2.01. The summed E-state index contributed by atoms with van der Waals surface area (Å²) in [6.07, 6.45) is 6.20. The van der Waals surface area contributed by atoms with Crippen molar-refractivity contribution >= 4 is 17.9 Å². The lowest BCUT2D eigenvalue weighted by atomic mass is 10.2. The van der Waals surface area contributed by atoms with E-state index in [0.29, 0.717) is 22.9 Å². The molecule has 0 radical (unpaired) electrons. The molecular formula is C18H19N5O2. The zero-order valence-corrected chi connectivity index (χ0v) is 14.3. The maximum absolute atomic E-state index is 10.9. The fraction of sp³-hybridized carbons (Fsp3) is 0.222. The van der Waals surface area contributed by atoms with Gasteiger partial charge in [0, 0.05) is 29.6 Å². The molecule has 0 aliphatic rings. The van der Waals surface area contributed by atoms with Crippen LogP contribution < -0.4 is 10.1 Å². The summed E-state index contributed by atoms with van der Waals surface area (Å²) < 4.78 is 7.19. The highest BCUT2D eigenvalue weighted by Gasteiger charge is 2.09. The standard InChI is InChI=1S/C18H19N5O2/c1-12(2)23-10-14(9-20-23)15-6-7-19-18(21-15)22-16-5-4-13(11-24)8-17(16)25-3/h4-12H,1-3H3,(H,19,21,22). The first-order valence-electron chi connectivity index (χ1n) is 7.88. The Morgan fingerprint density at radius 2 is 2.12 bits per heavy atom. The van der Waals surface area contributed by atoms with E-state index >= 15 is 0 Å². The molecule has 1 aromatic carbocycles. The van der Waals surface area contributed by atoms with E-state index in [0.717, 1.165) is 17.5 Å². The van der Waals surface area contributed by atoms with Gasteiger partial charge in [-0.3, -0.25) is 9.48 Å². The molecule has 3 aromatic rings. The smallest absolute Gasteiger partial charge is 0.227 e. The number of carbonyl (C=O) groups is 1. The second kappa shape index (κ2) is 7.12.